The van der Waals surface area contributed by atoms with E-state index in [0.29, 0.717) is 5.69 Å². The van der Waals surface area contributed by atoms with E-state index >= 15 is 0 Å². The van der Waals surface area contributed by atoms with Crippen LogP contribution in [0.2, 0.25) is 0 Å². The zero-order valence-corrected chi connectivity index (χ0v) is 12.7. The van der Waals surface area contributed by atoms with E-state index in [1.54, 1.807) is 23.7 Å². The molecule has 1 aliphatic rings. The SMILES string of the molecule is [C-]#[N+]c1ccc(C2(c3nc(-c4ccncc4)cs3)CC2)cc1. The van der Waals surface area contributed by atoms with Gasteiger partial charge in [-0.05, 0) is 30.5 Å². The molecular formula is C18H13N3S. The molecule has 0 bridgehead atoms. The molecule has 106 valence electrons. The van der Waals surface area contributed by atoms with Gasteiger partial charge in [-0.2, -0.15) is 0 Å². The molecule has 2 aromatic heterocycles. The first-order chi connectivity index (χ1) is 10.8. The molecule has 3 aromatic rings. The summed E-state index contributed by atoms with van der Waals surface area (Å²) in [6.45, 7) is 7.06. The summed E-state index contributed by atoms with van der Waals surface area (Å²) < 4.78 is 0. The molecule has 2 heterocycles. The Hall–Kier alpha value is -2.51. The van der Waals surface area contributed by atoms with Crippen molar-refractivity contribution in [3.8, 4) is 11.3 Å². The zero-order chi connectivity index (χ0) is 15.0. The van der Waals surface area contributed by atoms with Gasteiger partial charge in [-0.25, -0.2) is 9.83 Å². The number of rotatable bonds is 3. The van der Waals surface area contributed by atoms with Crippen molar-refractivity contribution in [1.82, 2.24) is 9.97 Å². The maximum Gasteiger partial charge on any atom is 0.187 e. The summed E-state index contributed by atoms with van der Waals surface area (Å²) in [6, 6.07) is 11.9. The molecule has 0 atom stereocenters. The Kier molecular flexibility index (Phi) is 3.02. The molecule has 4 heteroatoms. The second kappa shape index (κ2) is 5.04. The molecule has 0 spiro atoms. The highest BCUT2D eigenvalue weighted by Crippen LogP contribution is 2.54. The molecule has 0 amide bonds. The molecule has 1 aromatic carbocycles. The molecule has 0 unspecified atom stereocenters. The van der Waals surface area contributed by atoms with Gasteiger partial charge in [0.05, 0.1) is 12.3 Å². The van der Waals surface area contributed by atoms with Crippen LogP contribution in [0.1, 0.15) is 23.4 Å². The molecular weight excluding hydrogens is 290 g/mol. The Morgan fingerprint density at radius 2 is 1.77 bits per heavy atom. The minimum absolute atomic E-state index is 0.0660. The van der Waals surface area contributed by atoms with E-state index in [-0.39, 0.29) is 5.41 Å². The number of benzene rings is 1. The molecule has 4 rings (SSSR count). The minimum Gasteiger partial charge on any atom is -0.265 e. The molecule has 3 nitrogen and oxygen atoms in total. The maximum absolute atomic E-state index is 7.06. The number of hydrogen-bond donors (Lipinski definition) is 0. The molecule has 1 fully saturated rings. The van der Waals surface area contributed by atoms with Crippen LogP contribution in [0.3, 0.4) is 0 Å². The minimum atomic E-state index is 0.0660. The quantitative estimate of drug-likeness (QED) is 0.648. The van der Waals surface area contributed by atoms with Crippen molar-refractivity contribution < 1.29 is 0 Å². The zero-order valence-electron chi connectivity index (χ0n) is 11.9. The summed E-state index contributed by atoms with van der Waals surface area (Å²) in [5.74, 6) is 0. The van der Waals surface area contributed by atoms with Crippen molar-refractivity contribution in [1.29, 1.82) is 0 Å². The third kappa shape index (κ3) is 2.11. The van der Waals surface area contributed by atoms with Crippen molar-refractivity contribution >= 4 is 17.0 Å². The Morgan fingerprint density at radius 1 is 1.05 bits per heavy atom. The van der Waals surface area contributed by atoms with Crippen molar-refractivity contribution in [2.45, 2.75) is 18.3 Å². The molecule has 0 saturated heterocycles. The van der Waals surface area contributed by atoms with E-state index in [0.717, 1.165) is 24.1 Å². The van der Waals surface area contributed by atoms with Gasteiger partial charge in [0, 0.05) is 28.8 Å². The second-order valence-corrected chi connectivity index (χ2v) is 6.37. The lowest BCUT2D eigenvalue weighted by molar-refractivity contribution is 0.835. The maximum atomic E-state index is 7.06. The molecule has 0 aliphatic heterocycles. The van der Waals surface area contributed by atoms with Crippen LogP contribution in [0.25, 0.3) is 16.1 Å². The van der Waals surface area contributed by atoms with Gasteiger partial charge in [0.15, 0.2) is 5.69 Å². The Morgan fingerprint density at radius 3 is 2.41 bits per heavy atom. The smallest absolute Gasteiger partial charge is 0.187 e. The monoisotopic (exact) mass is 303 g/mol. The number of thiazole rings is 1. The Bertz CT molecular complexity index is 840. The van der Waals surface area contributed by atoms with Crippen molar-refractivity contribution in [3.05, 3.63) is 76.2 Å². The molecule has 1 saturated carbocycles. The molecule has 0 radical (unpaired) electrons. The molecule has 0 N–H and O–H groups in total. The first-order valence-electron chi connectivity index (χ1n) is 7.16. The van der Waals surface area contributed by atoms with Gasteiger partial charge in [-0.1, -0.05) is 24.3 Å². The van der Waals surface area contributed by atoms with Crippen LogP contribution in [0, 0.1) is 6.57 Å². The number of hydrogen-bond acceptors (Lipinski definition) is 3. The van der Waals surface area contributed by atoms with Gasteiger partial charge in [0.1, 0.15) is 5.01 Å². The lowest BCUT2D eigenvalue weighted by atomic mass is 9.96. The third-order valence-electron chi connectivity index (χ3n) is 4.19. The fraction of sp³-hybridized carbons (Fsp3) is 0.167. The standard InChI is InChI=1S/C18H13N3S/c1-19-15-4-2-14(3-5-15)18(8-9-18)17-21-16(12-22-17)13-6-10-20-11-7-13/h2-7,10-12H,8-9H2. The summed E-state index contributed by atoms with van der Waals surface area (Å²) in [4.78, 5) is 12.4. The summed E-state index contributed by atoms with van der Waals surface area (Å²) in [7, 11) is 0. The largest absolute Gasteiger partial charge is 0.265 e. The second-order valence-electron chi connectivity index (χ2n) is 5.51. The number of pyridine rings is 1. The van der Waals surface area contributed by atoms with Crippen LogP contribution >= 0.6 is 11.3 Å². The average molecular weight is 303 g/mol. The first kappa shape index (κ1) is 13.2. The van der Waals surface area contributed by atoms with Crippen molar-refractivity contribution in [2.24, 2.45) is 0 Å². The lowest BCUT2D eigenvalue weighted by Crippen LogP contribution is -2.07. The predicted molar refractivity (Wildman–Crippen MR) is 88.1 cm³/mol. The fourth-order valence-electron chi connectivity index (χ4n) is 2.75. The van der Waals surface area contributed by atoms with E-state index in [2.05, 4.69) is 27.3 Å². The van der Waals surface area contributed by atoms with Gasteiger partial charge in [0.25, 0.3) is 0 Å². The third-order valence-corrected chi connectivity index (χ3v) is 5.24. The van der Waals surface area contributed by atoms with Crippen molar-refractivity contribution in [2.75, 3.05) is 0 Å². The Labute approximate surface area is 133 Å². The topological polar surface area (TPSA) is 30.1 Å². The lowest BCUT2D eigenvalue weighted by Gasteiger charge is -2.12. The summed E-state index contributed by atoms with van der Waals surface area (Å²) in [6.07, 6.45) is 5.86. The van der Waals surface area contributed by atoms with Crippen molar-refractivity contribution in [3.63, 3.8) is 0 Å². The molecule has 1 aliphatic carbocycles. The van der Waals surface area contributed by atoms with Gasteiger partial charge in [-0.15, -0.1) is 11.3 Å². The van der Waals surface area contributed by atoms with Gasteiger partial charge < -0.3 is 0 Å². The van der Waals surface area contributed by atoms with E-state index in [1.807, 2.05) is 24.3 Å². The van der Waals surface area contributed by atoms with Crippen LogP contribution in [0.5, 0.6) is 0 Å². The number of nitrogens with zero attached hydrogens (tertiary/aromatic N) is 3. The van der Waals surface area contributed by atoms with E-state index in [1.165, 1.54) is 10.6 Å². The Balaban J connectivity index is 1.69. The summed E-state index contributed by atoms with van der Waals surface area (Å²) in [5.41, 5.74) is 4.16. The van der Waals surface area contributed by atoms with Crippen LogP contribution in [-0.4, -0.2) is 9.97 Å². The van der Waals surface area contributed by atoms with Crippen LogP contribution in [0.15, 0.2) is 54.2 Å². The van der Waals surface area contributed by atoms with Gasteiger partial charge >= 0.3 is 0 Å². The van der Waals surface area contributed by atoms with E-state index in [4.69, 9.17) is 11.6 Å². The van der Waals surface area contributed by atoms with Crippen LogP contribution < -0.4 is 0 Å². The summed E-state index contributed by atoms with van der Waals surface area (Å²) in [5, 5.41) is 3.30. The fourth-order valence-corrected chi connectivity index (χ4v) is 3.87. The normalized spacial score (nSPS) is 15.2. The van der Waals surface area contributed by atoms with Gasteiger partial charge in [-0.3, -0.25) is 4.98 Å². The first-order valence-corrected chi connectivity index (χ1v) is 8.04. The molecule has 22 heavy (non-hydrogen) atoms. The van der Waals surface area contributed by atoms with E-state index < -0.39 is 0 Å². The van der Waals surface area contributed by atoms with Crippen LogP contribution in [-0.2, 0) is 5.41 Å². The average Bonchev–Trinajstić information content (AvgIpc) is 3.25. The van der Waals surface area contributed by atoms with Gasteiger partial charge in [0.2, 0.25) is 0 Å². The summed E-state index contributed by atoms with van der Waals surface area (Å²) >= 11 is 1.73. The van der Waals surface area contributed by atoms with Crippen LogP contribution in [0.4, 0.5) is 5.69 Å². The predicted octanol–water partition coefficient (Wildman–Crippen LogP) is 4.84. The van der Waals surface area contributed by atoms with E-state index in [9.17, 15) is 0 Å². The highest BCUT2D eigenvalue weighted by molar-refractivity contribution is 7.10. The highest BCUT2D eigenvalue weighted by atomic mass is 32.1. The highest BCUT2D eigenvalue weighted by Gasteiger charge is 2.48. The number of aromatic nitrogens is 2.